The topological polar surface area (TPSA) is 41.6 Å². The number of hydrogen-bond acceptors (Lipinski definition) is 4. The number of ether oxygens (including phenoxy) is 1. The average molecular weight is 285 g/mol. The molecule has 0 spiro atoms. The smallest absolute Gasteiger partial charge is 0.164 e. The van der Waals surface area contributed by atoms with E-state index in [1.54, 1.807) is 7.11 Å². The predicted octanol–water partition coefficient (Wildman–Crippen LogP) is 1.59. The first-order valence-corrected chi connectivity index (χ1v) is 6.40. The molecule has 0 amide bonds. The Hall–Kier alpha value is -1.10. The van der Waals surface area contributed by atoms with E-state index in [0.29, 0.717) is 6.42 Å². The summed E-state index contributed by atoms with van der Waals surface area (Å²) in [7, 11) is 1.63. The van der Waals surface area contributed by atoms with Gasteiger partial charge in [0.15, 0.2) is 5.78 Å². The Kier molecular flexibility index (Phi) is 6.84. The zero-order chi connectivity index (χ0) is 12.8. The van der Waals surface area contributed by atoms with E-state index >= 15 is 0 Å². The van der Waals surface area contributed by atoms with Gasteiger partial charge in [0.05, 0.1) is 7.11 Å². The number of benzene rings is 1. The molecule has 0 aliphatic carbocycles. The number of carbonyl (C=O) groups excluding carboxylic acids is 1. The summed E-state index contributed by atoms with van der Waals surface area (Å²) < 4.78 is 5.08. The molecule has 4 nitrogen and oxygen atoms in total. The normalized spacial score (nSPS) is 15.6. The van der Waals surface area contributed by atoms with E-state index in [4.69, 9.17) is 4.74 Å². The molecule has 19 heavy (non-hydrogen) atoms. The van der Waals surface area contributed by atoms with E-state index in [1.165, 1.54) is 0 Å². The summed E-state index contributed by atoms with van der Waals surface area (Å²) in [5.74, 6) is 0.991. The van der Waals surface area contributed by atoms with Gasteiger partial charge in [0, 0.05) is 44.7 Å². The van der Waals surface area contributed by atoms with E-state index < -0.39 is 0 Å². The molecule has 1 aliphatic heterocycles. The summed E-state index contributed by atoms with van der Waals surface area (Å²) in [6, 6.07) is 7.33. The lowest BCUT2D eigenvalue weighted by molar-refractivity contribution is 0.0960. The number of nitrogens with zero attached hydrogens (tertiary/aromatic N) is 1. The minimum Gasteiger partial charge on any atom is -0.497 e. The Bertz CT molecular complexity index is 389. The van der Waals surface area contributed by atoms with Crippen molar-refractivity contribution in [3.8, 4) is 5.75 Å². The third-order valence-corrected chi connectivity index (χ3v) is 3.28. The van der Waals surface area contributed by atoms with Crippen molar-refractivity contribution in [3.05, 3.63) is 29.8 Å². The van der Waals surface area contributed by atoms with Gasteiger partial charge in [-0.05, 0) is 24.3 Å². The first-order chi connectivity index (χ1) is 8.79. The minimum absolute atomic E-state index is 0. The summed E-state index contributed by atoms with van der Waals surface area (Å²) >= 11 is 0. The number of carbonyl (C=O) groups is 1. The monoisotopic (exact) mass is 284 g/mol. The lowest BCUT2D eigenvalue weighted by atomic mass is 10.1. The van der Waals surface area contributed by atoms with Gasteiger partial charge in [-0.2, -0.15) is 0 Å². The Labute approximate surface area is 120 Å². The number of halogens is 1. The van der Waals surface area contributed by atoms with Crippen LogP contribution < -0.4 is 10.1 Å². The molecule has 0 atom stereocenters. The van der Waals surface area contributed by atoms with Crippen molar-refractivity contribution in [3.63, 3.8) is 0 Å². The van der Waals surface area contributed by atoms with Crippen molar-refractivity contribution in [1.29, 1.82) is 0 Å². The predicted molar refractivity (Wildman–Crippen MR) is 78.5 cm³/mol. The summed E-state index contributed by atoms with van der Waals surface area (Å²) in [6.07, 6.45) is 0.590. The van der Waals surface area contributed by atoms with Crippen LogP contribution in [0.25, 0.3) is 0 Å². The van der Waals surface area contributed by atoms with Crippen molar-refractivity contribution < 1.29 is 9.53 Å². The van der Waals surface area contributed by atoms with Crippen LogP contribution in [0.3, 0.4) is 0 Å². The third kappa shape index (κ3) is 4.82. The molecule has 0 saturated carbocycles. The third-order valence-electron chi connectivity index (χ3n) is 3.28. The molecule has 1 aromatic carbocycles. The van der Waals surface area contributed by atoms with Gasteiger partial charge in [0.2, 0.25) is 0 Å². The van der Waals surface area contributed by atoms with Crippen molar-refractivity contribution in [1.82, 2.24) is 10.2 Å². The molecule has 5 heteroatoms. The number of Topliss-reactive ketones (excluding diaryl/α,β-unsaturated/α-hetero) is 1. The van der Waals surface area contributed by atoms with Gasteiger partial charge < -0.3 is 15.0 Å². The fourth-order valence-corrected chi connectivity index (χ4v) is 2.12. The average Bonchev–Trinajstić information content (AvgIpc) is 2.46. The molecular weight excluding hydrogens is 264 g/mol. The molecule has 0 bridgehead atoms. The molecule has 106 valence electrons. The zero-order valence-electron chi connectivity index (χ0n) is 11.2. The van der Waals surface area contributed by atoms with E-state index in [0.717, 1.165) is 44.0 Å². The summed E-state index contributed by atoms with van der Waals surface area (Å²) in [5, 5.41) is 3.31. The fourth-order valence-electron chi connectivity index (χ4n) is 2.12. The molecule has 0 radical (unpaired) electrons. The molecule has 1 heterocycles. The quantitative estimate of drug-likeness (QED) is 0.834. The molecular formula is C14H21ClN2O2. The van der Waals surface area contributed by atoms with Gasteiger partial charge in [-0.3, -0.25) is 4.79 Å². The molecule has 1 saturated heterocycles. The molecule has 0 unspecified atom stereocenters. The van der Waals surface area contributed by atoms with Gasteiger partial charge in [-0.1, -0.05) is 0 Å². The van der Waals surface area contributed by atoms with Crippen LogP contribution in [0.2, 0.25) is 0 Å². The van der Waals surface area contributed by atoms with Gasteiger partial charge in [-0.25, -0.2) is 0 Å². The minimum atomic E-state index is 0. The summed E-state index contributed by atoms with van der Waals surface area (Å²) in [5.41, 5.74) is 0.769. The second-order valence-corrected chi connectivity index (χ2v) is 4.49. The number of ketones is 1. The van der Waals surface area contributed by atoms with Gasteiger partial charge in [0.1, 0.15) is 5.75 Å². The van der Waals surface area contributed by atoms with E-state index in [1.807, 2.05) is 24.3 Å². The maximum atomic E-state index is 12.0. The molecule has 1 aliphatic rings. The van der Waals surface area contributed by atoms with E-state index in [2.05, 4.69) is 10.2 Å². The van der Waals surface area contributed by atoms with Crippen molar-refractivity contribution in [2.45, 2.75) is 6.42 Å². The van der Waals surface area contributed by atoms with E-state index in [-0.39, 0.29) is 18.2 Å². The first kappa shape index (κ1) is 16.0. The summed E-state index contributed by atoms with van der Waals surface area (Å²) in [6.45, 7) is 4.98. The molecule has 1 fully saturated rings. The highest BCUT2D eigenvalue weighted by Gasteiger charge is 2.12. The van der Waals surface area contributed by atoms with Gasteiger partial charge in [0.25, 0.3) is 0 Å². The van der Waals surface area contributed by atoms with Crippen LogP contribution in [-0.4, -0.2) is 50.5 Å². The Morgan fingerprint density at radius 1 is 1.26 bits per heavy atom. The second-order valence-electron chi connectivity index (χ2n) is 4.49. The maximum Gasteiger partial charge on any atom is 0.164 e. The van der Waals surface area contributed by atoms with Crippen LogP contribution in [0.5, 0.6) is 5.75 Å². The lowest BCUT2D eigenvalue weighted by Gasteiger charge is -2.26. The van der Waals surface area contributed by atoms with E-state index in [9.17, 15) is 4.79 Å². The second kappa shape index (κ2) is 8.15. The van der Waals surface area contributed by atoms with Crippen LogP contribution in [0.1, 0.15) is 16.8 Å². The Morgan fingerprint density at radius 3 is 2.47 bits per heavy atom. The molecule has 2 rings (SSSR count). The maximum absolute atomic E-state index is 12.0. The van der Waals surface area contributed by atoms with Crippen LogP contribution >= 0.6 is 12.4 Å². The SMILES string of the molecule is COc1ccc(C(=O)CCN2CCNCC2)cc1.Cl. The highest BCUT2D eigenvalue weighted by molar-refractivity contribution is 5.96. The number of piperazine rings is 1. The largest absolute Gasteiger partial charge is 0.497 e. The Morgan fingerprint density at radius 2 is 1.89 bits per heavy atom. The van der Waals surface area contributed by atoms with Crippen LogP contribution in [0.15, 0.2) is 24.3 Å². The molecule has 1 aromatic rings. The van der Waals surface area contributed by atoms with Crippen LogP contribution in [-0.2, 0) is 0 Å². The van der Waals surface area contributed by atoms with Gasteiger partial charge >= 0.3 is 0 Å². The molecule has 0 aromatic heterocycles. The van der Waals surface area contributed by atoms with Crippen LogP contribution in [0, 0.1) is 0 Å². The summed E-state index contributed by atoms with van der Waals surface area (Å²) in [4.78, 5) is 14.3. The van der Waals surface area contributed by atoms with Crippen molar-refractivity contribution in [2.75, 3.05) is 39.8 Å². The lowest BCUT2D eigenvalue weighted by Crippen LogP contribution is -2.44. The highest BCUT2D eigenvalue weighted by atomic mass is 35.5. The zero-order valence-corrected chi connectivity index (χ0v) is 12.0. The van der Waals surface area contributed by atoms with Gasteiger partial charge in [-0.15, -0.1) is 12.4 Å². The standard InChI is InChI=1S/C14H20N2O2.ClH/c1-18-13-4-2-12(3-5-13)14(17)6-9-16-10-7-15-8-11-16;/h2-5,15H,6-11H2,1H3;1H. The highest BCUT2D eigenvalue weighted by Crippen LogP contribution is 2.13. The number of rotatable bonds is 5. The Balaban J connectivity index is 0.00000180. The van der Waals surface area contributed by atoms with Crippen molar-refractivity contribution >= 4 is 18.2 Å². The fraction of sp³-hybridized carbons (Fsp3) is 0.500. The van der Waals surface area contributed by atoms with Crippen LogP contribution in [0.4, 0.5) is 0 Å². The number of nitrogens with one attached hydrogen (secondary N) is 1. The number of hydrogen-bond donors (Lipinski definition) is 1. The number of methoxy groups -OCH3 is 1. The molecule has 1 N–H and O–H groups in total. The first-order valence-electron chi connectivity index (χ1n) is 6.40. The van der Waals surface area contributed by atoms with Crippen molar-refractivity contribution in [2.24, 2.45) is 0 Å².